The van der Waals surface area contributed by atoms with Crippen LogP contribution < -0.4 is 15.4 Å². The summed E-state index contributed by atoms with van der Waals surface area (Å²) in [4.78, 5) is 12.2. The van der Waals surface area contributed by atoms with Gasteiger partial charge >= 0.3 is 0 Å². The van der Waals surface area contributed by atoms with Crippen LogP contribution in [-0.4, -0.2) is 25.6 Å². The minimum atomic E-state index is 0.0226. The van der Waals surface area contributed by atoms with Gasteiger partial charge in [-0.05, 0) is 37.1 Å². The summed E-state index contributed by atoms with van der Waals surface area (Å²) in [5, 5.41) is 6.19. The number of rotatable bonds is 6. The number of hydrogen-bond acceptors (Lipinski definition) is 3. The van der Waals surface area contributed by atoms with Crippen molar-refractivity contribution in [2.45, 2.75) is 20.8 Å². The molecular weight excluding hydrogens is 252 g/mol. The molecule has 0 aromatic heterocycles. The fourth-order valence-electron chi connectivity index (χ4n) is 2.08. The first kappa shape index (κ1) is 14.9. The normalized spacial score (nSPS) is 16.6. The van der Waals surface area contributed by atoms with Gasteiger partial charge in [0.15, 0.2) is 0 Å². The molecule has 20 heavy (non-hydrogen) atoms. The van der Waals surface area contributed by atoms with E-state index >= 15 is 0 Å². The molecule has 1 amide bonds. The number of amides is 1. The van der Waals surface area contributed by atoms with E-state index in [9.17, 15) is 4.79 Å². The Hall–Kier alpha value is -1.55. The third-order valence-corrected chi connectivity index (χ3v) is 3.65. The van der Waals surface area contributed by atoms with Crippen molar-refractivity contribution in [3.05, 3.63) is 24.3 Å². The summed E-state index contributed by atoms with van der Waals surface area (Å²) in [5.41, 5.74) is 0.761. The van der Waals surface area contributed by atoms with E-state index in [-0.39, 0.29) is 11.8 Å². The van der Waals surface area contributed by atoms with Gasteiger partial charge in [0, 0.05) is 5.92 Å². The molecule has 0 aliphatic carbocycles. The number of para-hydroxylation sites is 2. The SMILES string of the molecule is CC(C)COc1ccccc1NC(=O)C(C)C1CNC1. The standard InChI is InChI=1S/C16H24N2O2/c1-11(2)10-20-15-7-5-4-6-14(15)18-16(19)12(3)13-8-17-9-13/h4-7,11-13,17H,8-10H2,1-3H3,(H,18,19). The Bertz CT molecular complexity index is 456. The first-order valence-corrected chi connectivity index (χ1v) is 7.31. The van der Waals surface area contributed by atoms with Crippen LogP contribution in [0.25, 0.3) is 0 Å². The lowest BCUT2D eigenvalue weighted by molar-refractivity contribution is -0.121. The maximum absolute atomic E-state index is 12.2. The highest BCUT2D eigenvalue weighted by atomic mass is 16.5. The summed E-state index contributed by atoms with van der Waals surface area (Å²) >= 11 is 0. The molecule has 1 unspecified atom stereocenters. The van der Waals surface area contributed by atoms with Gasteiger partial charge in [-0.1, -0.05) is 32.9 Å². The minimum absolute atomic E-state index is 0.0226. The fourth-order valence-corrected chi connectivity index (χ4v) is 2.08. The first-order chi connectivity index (χ1) is 9.58. The number of ether oxygens (including phenoxy) is 1. The highest BCUT2D eigenvalue weighted by Gasteiger charge is 2.29. The topological polar surface area (TPSA) is 50.4 Å². The lowest BCUT2D eigenvalue weighted by Gasteiger charge is -2.31. The molecule has 1 aliphatic rings. The van der Waals surface area contributed by atoms with Crippen LogP contribution >= 0.6 is 0 Å². The van der Waals surface area contributed by atoms with Gasteiger partial charge in [0.25, 0.3) is 0 Å². The van der Waals surface area contributed by atoms with Crippen molar-refractivity contribution in [2.24, 2.45) is 17.8 Å². The summed E-state index contributed by atoms with van der Waals surface area (Å²) in [7, 11) is 0. The zero-order chi connectivity index (χ0) is 14.5. The second-order valence-electron chi connectivity index (χ2n) is 5.90. The molecule has 1 aromatic rings. The molecule has 4 nitrogen and oxygen atoms in total. The Balaban J connectivity index is 1.98. The Labute approximate surface area is 120 Å². The van der Waals surface area contributed by atoms with Crippen molar-refractivity contribution >= 4 is 11.6 Å². The minimum Gasteiger partial charge on any atom is -0.491 e. The number of nitrogens with one attached hydrogen (secondary N) is 2. The van der Waals surface area contributed by atoms with Crippen LogP contribution in [0.4, 0.5) is 5.69 Å². The van der Waals surface area contributed by atoms with E-state index in [1.54, 1.807) is 0 Å². The highest BCUT2D eigenvalue weighted by Crippen LogP contribution is 2.26. The number of hydrogen-bond donors (Lipinski definition) is 2. The Morgan fingerprint density at radius 2 is 2.05 bits per heavy atom. The van der Waals surface area contributed by atoms with Crippen LogP contribution in [0.2, 0.25) is 0 Å². The summed E-state index contributed by atoms with van der Waals surface area (Å²) in [6.45, 7) is 8.70. The number of benzene rings is 1. The second-order valence-corrected chi connectivity index (χ2v) is 5.90. The van der Waals surface area contributed by atoms with E-state index in [2.05, 4.69) is 24.5 Å². The quantitative estimate of drug-likeness (QED) is 0.839. The fraction of sp³-hybridized carbons (Fsp3) is 0.562. The number of carbonyl (C=O) groups is 1. The van der Waals surface area contributed by atoms with Crippen molar-refractivity contribution < 1.29 is 9.53 Å². The van der Waals surface area contributed by atoms with Gasteiger partial charge in [0.2, 0.25) is 5.91 Å². The lowest BCUT2D eigenvalue weighted by Crippen LogP contribution is -2.48. The van der Waals surface area contributed by atoms with Crippen LogP contribution in [0, 0.1) is 17.8 Å². The zero-order valence-corrected chi connectivity index (χ0v) is 12.5. The van der Waals surface area contributed by atoms with Gasteiger partial charge in [0.1, 0.15) is 5.75 Å². The van der Waals surface area contributed by atoms with Crippen LogP contribution in [0.5, 0.6) is 5.75 Å². The van der Waals surface area contributed by atoms with Crippen LogP contribution in [0.1, 0.15) is 20.8 Å². The molecular formula is C16H24N2O2. The Morgan fingerprint density at radius 1 is 1.35 bits per heavy atom. The Kier molecular flexibility index (Phi) is 5.01. The maximum Gasteiger partial charge on any atom is 0.227 e. The molecule has 1 fully saturated rings. The first-order valence-electron chi connectivity index (χ1n) is 7.31. The molecule has 1 aromatic carbocycles. The van der Waals surface area contributed by atoms with Gasteiger partial charge in [-0.2, -0.15) is 0 Å². The van der Waals surface area contributed by atoms with Gasteiger partial charge in [-0.15, -0.1) is 0 Å². The summed E-state index contributed by atoms with van der Waals surface area (Å²) in [5.74, 6) is 1.73. The average molecular weight is 276 g/mol. The average Bonchev–Trinajstić information content (AvgIpc) is 2.35. The van der Waals surface area contributed by atoms with Crippen molar-refractivity contribution in [1.82, 2.24) is 5.32 Å². The smallest absolute Gasteiger partial charge is 0.227 e. The monoisotopic (exact) mass is 276 g/mol. The van der Waals surface area contributed by atoms with Gasteiger partial charge < -0.3 is 15.4 Å². The molecule has 1 heterocycles. The summed E-state index contributed by atoms with van der Waals surface area (Å²) < 4.78 is 5.75. The third-order valence-electron chi connectivity index (χ3n) is 3.65. The number of carbonyl (C=O) groups excluding carboxylic acids is 1. The van der Waals surface area contributed by atoms with E-state index in [0.717, 1.165) is 24.5 Å². The molecule has 0 radical (unpaired) electrons. The molecule has 110 valence electrons. The van der Waals surface area contributed by atoms with Crippen molar-refractivity contribution in [3.8, 4) is 5.75 Å². The predicted molar refractivity (Wildman–Crippen MR) is 80.9 cm³/mol. The summed E-state index contributed by atoms with van der Waals surface area (Å²) in [6, 6.07) is 7.62. The molecule has 4 heteroatoms. The molecule has 1 aliphatic heterocycles. The van der Waals surface area contributed by atoms with Crippen molar-refractivity contribution in [1.29, 1.82) is 0 Å². The molecule has 0 saturated carbocycles. The molecule has 0 bridgehead atoms. The number of anilines is 1. The van der Waals surface area contributed by atoms with Crippen LogP contribution in [0.3, 0.4) is 0 Å². The zero-order valence-electron chi connectivity index (χ0n) is 12.5. The molecule has 2 rings (SSSR count). The molecule has 0 spiro atoms. The van der Waals surface area contributed by atoms with E-state index in [0.29, 0.717) is 18.4 Å². The maximum atomic E-state index is 12.2. The van der Waals surface area contributed by atoms with Crippen molar-refractivity contribution in [3.63, 3.8) is 0 Å². The van der Waals surface area contributed by atoms with Gasteiger partial charge in [0.05, 0.1) is 12.3 Å². The Morgan fingerprint density at radius 3 is 2.65 bits per heavy atom. The molecule has 1 saturated heterocycles. The van der Waals surface area contributed by atoms with Gasteiger partial charge in [-0.3, -0.25) is 4.79 Å². The van der Waals surface area contributed by atoms with Crippen molar-refractivity contribution in [2.75, 3.05) is 25.0 Å². The van der Waals surface area contributed by atoms with Crippen LogP contribution in [-0.2, 0) is 4.79 Å². The highest BCUT2D eigenvalue weighted by molar-refractivity contribution is 5.94. The van der Waals surface area contributed by atoms with E-state index in [1.807, 2.05) is 31.2 Å². The summed E-state index contributed by atoms with van der Waals surface area (Å²) in [6.07, 6.45) is 0. The van der Waals surface area contributed by atoms with E-state index in [1.165, 1.54) is 0 Å². The van der Waals surface area contributed by atoms with Crippen LogP contribution in [0.15, 0.2) is 24.3 Å². The van der Waals surface area contributed by atoms with E-state index in [4.69, 9.17) is 4.74 Å². The molecule has 2 N–H and O–H groups in total. The third kappa shape index (κ3) is 3.73. The molecule has 1 atom stereocenters. The lowest BCUT2D eigenvalue weighted by atomic mass is 9.88. The van der Waals surface area contributed by atoms with E-state index < -0.39 is 0 Å². The second kappa shape index (κ2) is 6.75. The predicted octanol–water partition coefficient (Wildman–Crippen LogP) is 2.52. The largest absolute Gasteiger partial charge is 0.491 e. The van der Waals surface area contributed by atoms with Gasteiger partial charge in [-0.25, -0.2) is 0 Å².